The molecule has 2 N–H and O–H groups in total. The van der Waals surface area contributed by atoms with Crippen LogP contribution in [0, 0.1) is 0 Å². The van der Waals surface area contributed by atoms with Crippen molar-refractivity contribution in [2.24, 2.45) is 0 Å². The Balaban J connectivity index is 2.33. The Hall–Kier alpha value is -1.31. The largest absolute Gasteiger partial charge is 0.399 e. The van der Waals surface area contributed by atoms with Crippen LogP contribution < -0.4 is 5.73 Å². The summed E-state index contributed by atoms with van der Waals surface area (Å²) in [5.41, 5.74) is 7.58. The van der Waals surface area contributed by atoms with Crippen molar-refractivity contribution in [3.63, 3.8) is 0 Å². The standard InChI is InChI=1S/C13H19NO/c1-2-3-7-13(15)9-8-11-5-4-6-12(14)10-11/h4-6,10H,2-3,7-9,14H2,1H3. The number of nitrogen functional groups attached to an aromatic ring is 1. The Labute approximate surface area is 91.5 Å². The minimum absolute atomic E-state index is 0.360. The fourth-order valence-corrected chi connectivity index (χ4v) is 1.53. The molecule has 0 heterocycles. The highest BCUT2D eigenvalue weighted by Crippen LogP contribution is 2.10. The number of ketones is 1. The SMILES string of the molecule is CCCCC(=O)CCc1cccc(N)c1. The van der Waals surface area contributed by atoms with E-state index in [4.69, 9.17) is 5.73 Å². The highest BCUT2D eigenvalue weighted by Gasteiger charge is 2.02. The lowest BCUT2D eigenvalue weighted by Crippen LogP contribution is -2.00. The summed E-state index contributed by atoms with van der Waals surface area (Å²) in [5, 5.41) is 0. The lowest BCUT2D eigenvalue weighted by Gasteiger charge is -2.02. The molecule has 2 heteroatoms. The van der Waals surface area contributed by atoms with E-state index in [1.807, 2.05) is 24.3 Å². The number of carbonyl (C=O) groups excluding carboxylic acids is 1. The Kier molecular flexibility index (Phi) is 4.88. The van der Waals surface area contributed by atoms with Gasteiger partial charge in [0.25, 0.3) is 0 Å². The lowest BCUT2D eigenvalue weighted by atomic mass is 10.0. The Morgan fingerprint density at radius 3 is 2.80 bits per heavy atom. The summed E-state index contributed by atoms with van der Waals surface area (Å²) in [6, 6.07) is 7.75. The van der Waals surface area contributed by atoms with Gasteiger partial charge in [-0.15, -0.1) is 0 Å². The van der Waals surface area contributed by atoms with Crippen LogP contribution in [-0.2, 0) is 11.2 Å². The van der Waals surface area contributed by atoms with Crippen LogP contribution in [0.15, 0.2) is 24.3 Å². The molecule has 0 unspecified atom stereocenters. The lowest BCUT2D eigenvalue weighted by molar-refractivity contribution is -0.119. The van der Waals surface area contributed by atoms with E-state index >= 15 is 0 Å². The first kappa shape index (κ1) is 11.8. The van der Waals surface area contributed by atoms with Crippen molar-refractivity contribution in [3.05, 3.63) is 29.8 Å². The van der Waals surface area contributed by atoms with Crippen LogP contribution in [-0.4, -0.2) is 5.78 Å². The second kappa shape index (κ2) is 6.23. The van der Waals surface area contributed by atoms with Crippen molar-refractivity contribution in [1.82, 2.24) is 0 Å². The highest BCUT2D eigenvalue weighted by atomic mass is 16.1. The van der Waals surface area contributed by atoms with Gasteiger partial charge in [-0.25, -0.2) is 0 Å². The molecule has 0 radical (unpaired) electrons. The van der Waals surface area contributed by atoms with E-state index in [1.54, 1.807) is 0 Å². The monoisotopic (exact) mass is 205 g/mol. The number of unbranched alkanes of at least 4 members (excludes halogenated alkanes) is 1. The van der Waals surface area contributed by atoms with Gasteiger partial charge in [0, 0.05) is 18.5 Å². The number of hydrogen-bond donors (Lipinski definition) is 1. The molecule has 0 amide bonds. The second-order valence-corrected chi connectivity index (χ2v) is 3.89. The zero-order valence-electron chi connectivity index (χ0n) is 9.33. The van der Waals surface area contributed by atoms with Gasteiger partial charge in [-0.05, 0) is 30.5 Å². The van der Waals surface area contributed by atoms with Crippen LogP contribution in [0.3, 0.4) is 0 Å². The van der Waals surface area contributed by atoms with Crippen LogP contribution in [0.25, 0.3) is 0 Å². The van der Waals surface area contributed by atoms with Crippen LogP contribution in [0.2, 0.25) is 0 Å². The zero-order chi connectivity index (χ0) is 11.1. The van der Waals surface area contributed by atoms with Crippen molar-refractivity contribution in [1.29, 1.82) is 0 Å². The molecule has 0 aliphatic rings. The van der Waals surface area contributed by atoms with Crippen molar-refractivity contribution in [2.75, 3.05) is 5.73 Å². The molecule has 0 bridgehead atoms. The van der Waals surface area contributed by atoms with Crippen molar-refractivity contribution < 1.29 is 4.79 Å². The van der Waals surface area contributed by atoms with E-state index in [2.05, 4.69) is 6.92 Å². The molecule has 0 saturated heterocycles. The fourth-order valence-electron chi connectivity index (χ4n) is 1.53. The van der Waals surface area contributed by atoms with Crippen molar-refractivity contribution >= 4 is 11.5 Å². The molecule has 82 valence electrons. The van der Waals surface area contributed by atoms with Crippen LogP contribution in [0.5, 0.6) is 0 Å². The maximum Gasteiger partial charge on any atom is 0.133 e. The predicted octanol–water partition coefficient (Wildman–Crippen LogP) is 2.96. The third kappa shape index (κ3) is 4.63. The van der Waals surface area contributed by atoms with Gasteiger partial charge < -0.3 is 5.73 Å². The van der Waals surface area contributed by atoms with Crippen LogP contribution in [0.1, 0.15) is 38.2 Å². The number of nitrogens with two attached hydrogens (primary N) is 1. The van der Waals surface area contributed by atoms with Gasteiger partial charge in [-0.3, -0.25) is 4.79 Å². The van der Waals surface area contributed by atoms with Crippen LogP contribution in [0.4, 0.5) is 5.69 Å². The van der Waals surface area contributed by atoms with E-state index in [0.717, 1.165) is 36.9 Å². The zero-order valence-corrected chi connectivity index (χ0v) is 9.33. The number of benzene rings is 1. The summed E-state index contributed by atoms with van der Waals surface area (Å²) in [5.74, 6) is 0.360. The molecule has 0 saturated carbocycles. The van der Waals surface area contributed by atoms with Crippen LogP contribution >= 0.6 is 0 Å². The molecule has 0 atom stereocenters. The van der Waals surface area contributed by atoms with E-state index in [1.165, 1.54) is 0 Å². The second-order valence-electron chi connectivity index (χ2n) is 3.89. The minimum Gasteiger partial charge on any atom is -0.399 e. The molecule has 0 fully saturated rings. The molecule has 0 aliphatic carbocycles. The normalized spacial score (nSPS) is 10.2. The van der Waals surface area contributed by atoms with Crippen molar-refractivity contribution in [2.45, 2.75) is 39.0 Å². The Morgan fingerprint density at radius 2 is 2.13 bits per heavy atom. The maximum atomic E-state index is 11.4. The molecule has 0 aliphatic heterocycles. The van der Waals surface area contributed by atoms with Gasteiger partial charge in [-0.1, -0.05) is 25.5 Å². The summed E-state index contributed by atoms with van der Waals surface area (Å²) in [6.07, 6.45) is 4.27. The van der Waals surface area contributed by atoms with E-state index < -0.39 is 0 Å². The molecule has 2 nitrogen and oxygen atoms in total. The number of Topliss-reactive ketones (excluding diaryl/α,β-unsaturated/α-hetero) is 1. The molecule has 1 aromatic carbocycles. The molecule has 0 aromatic heterocycles. The van der Waals surface area contributed by atoms with Gasteiger partial charge >= 0.3 is 0 Å². The summed E-state index contributed by atoms with van der Waals surface area (Å²) < 4.78 is 0. The molecule has 15 heavy (non-hydrogen) atoms. The number of hydrogen-bond acceptors (Lipinski definition) is 2. The number of anilines is 1. The molecular weight excluding hydrogens is 186 g/mol. The van der Waals surface area contributed by atoms with Gasteiger partial charge in [0.05, 0.1) is 0 Å². The highest BCUT2D eigenvalue weighted by molar-refractivity contribution is 5.78. The van der Waals surface area contributed by atoms with E-state index in [0.29, 0.717) is 12.2 Å². The smallest absolute Gasteiger partial charge is 0.133 e. The Morgan fingerprint density at radius 1 is 1.33 bits per heavy atom. The average Bonchev–Trinajstić information content (AvgIpc) is 2.23. The quantitative estimate of drug-likeness (QED) is 0.725. The first-order valence-electron chi connectivity index (χ1n) is 5.58. The third-order valence-electron chi connectivity index (χ3n) is 2.45. The predicted molar refractivity (Wildman–Crippen MR) is 63.7 cm³/mol. The third-order valence-corrected chi connectivity index (χ3v) is 2.45. The summed E-state index contributed by atoms with van der Waals surface area (Å²) in [4.78, 5) is 11.4. The number of carbonyl (C=O) groups is 1. The average molecular weight is 205 g/mol. The van der Waals surface area contributed by atoms with Gasteiger partial charge in [0.1, 0.15) is 5.78 Å². The Bertz CT molecular complexity index is 320. The molecule has 1 aromatic rings. The van der Waals surface area contributed by atoms with Gasteiger partial charge in [-0.2, -0.15) is 0 Å². The summed E-state index contributed by atoms with van der Waals surface area (Å²) in [6.45, 7) is 2.10. The number of rotatable bonds is 6. The molecule has 1 rings (SSSR count). The summed E-state index contributed by atoms with van der Waals surface area (Å²) in [7, 11) is 0. The fraction of sp³-hybridized carbons (Fsp3) is 0.462. The topological polar surface area (TPSA) is 43.1 Å². The van der Waals surface area contributed by atoms with Crippen molar-refractivity contribution in [3.8, 4) is 0 Å². The minimum atomic E-state index is 0.360. The van der Waals surface area contributed by atoms with E-state index in [-0.39, 0.29) is 0 Å². The van der Waals surface area contributed by atoms with Gasteiger partial charge in [0.2, 0.25) is 0 Å². The molecule has 0 spiro atoms. The first-order valence-corrected chi connectivity index (χ1v) is 5.58. The van der Waals surface area contributed by atoms with E-state index in [9.17, 15) is 4.79 Å². The summed E-state index contributed by atoms with van der Waals surface area (Å²) >= 11 is 0. The van der Waals surface area contributed by atoms with Gasteiger partial charge in [0.15, 0.2) is 0 Å². The number of aryl methyl sites for hydroxylation is 1. The molecular formula is C13H19NO. The first-order chi connectivity index (χ1) is 7.22. The maximum absolute atomic E-state index is 11.4.